The zero-order valence-corrected chi connectivity index (χ0v) is 13.5. The van der Waals surface area contributed by atoms with Crippen LogP contribution in [0.15, 0.2) is 48.6 Å². The summed E-state index contributed by atoms with van der Waals surface area (Å²) in [6.45, 7) is 8.17. The molecule has 0 radical (unpaired) electrons. The van der Waals surface area contributed by atoms with Crippen LogP contribution in [0.3, 0.4) is 0 Å². The van der Waals surface area contributed by atoms with Gasteiger partial charge in [-0.1, -0.05) is 38.2 Å². The minimum atomic E-state index is -0.0126. The van der Waals surface area contributed by atoms with Crippen LogP contribution in [0.25, 0.3) is 0 Å². The van der Waals surface area contributed by atoms with E-state index >= 15 is 0 Å². The Morgan fingerprint density at radius 2 is 1.42 bits per heavy atom. The van der Waals surface area contributed by atoms with Crippen molar-refractivity contribution < 1.29 is 20.4 Å². The van der Waals surface area contributed by atoms with Gasteiger partial charge >= 0.3 is 20.4 Å². The van der Waals surface area contributed by atoms with E-state index in [0.717, 1.165) is 5.56 Å². The fourth-order valence-corrected chi connectivity index (χ4v) is 1.67. The molecule has 0 aromatic heterocycles. The SMILES string of the molecule is C1=C\CC/C=C\CC/1.[CH2-]C(C)(C)c1[c-]cccc1.[Pd+2]. The first-order chi connectivity index (χ1) is 8.61. The second-order valence-corrected chi connectivity index (χ2v) is 5.26. The van der Waals surface area contributed by atoms with Gasteiger partial charge in [-0.05, 0) is 25.7 Å². The third-order valence-electron chi connectivity index (χ3n) is 2.77. The molecule has 0 amide bonds. The van der Waals surface area contributed by atoms with Crippen molar-refractivity contribution >= 4 is 0 Å². The molecule has 1 aromatic rings. The number of hydrogen-bond donors (Lipinski definition) is 0. The van der Waals surface area contributed by atoms with Gasteiger partial charge in [0.1, 0.15) is 0 Å². The topological polar surface area (TPSA) is 0 Å². The first-order valence-corrected chi connectivity index (χ1v) is 6.73. The maximum Gasteiger partial charge on any atom is 2.00 e. The van der Waals surface area contributed by atoms with Crippen molar-refractivity contribution in [3.8, 4) is 0 Å². The molecule has 1 aliphatic rings. The van der Waals surface area contributed by atoms with E-state index in [2.05, 4.69) is 51.1 Å². The molecule has 0 saturated carbocycles. The Kier molecular flexibility index (Phi) is 9.84. The first kappa shape index (κ1) is 18.4. The molecule has 0 nitrogen and oxygen atoms in total. The average Bonchev–Trinajstić information content (AvgIpc) is 2.29. The molecule has 0 heterocycles. The van der Waals surface area contributed by atoms with Gasteiger partial charge in [-0.15, -0.1) is 0 Å². The largest absolute Gasteiger partial charge is 2.00 e. The molecule has 0 saturated heterocycles. The minimum Gasteiger partial charge on any atom is -0.335 e. The summed E-state index contributed by atoms with van der Waals surface area (Å²) in [6.07, 6.45) is 14.0. The van der Waals surface area contributed by atoms with Gasteiger partial charge in [0.15, 0.2) is 0 Å². The molecule has 1 aliphatic carbocycles. The number of allylic oxidation sites excluding steroid dienone is 4. The smallest absolute Gasteiger partial charge is 0.335 e. The second-order valence-electron chi connectivity index (χ2n) is 5.26. The van der Waals surface area contributed by atoms with Crippen molar-refractivity contribution in [2.75, 3.05) is 0 Å². The molecule has 106 valence electrons. The zero-order valence-electron chi connectivity index (χ0n) is 12.0. The summed E-state index contributed by atoms with van der Waals surface area (Å²) in [6, 6.07) is 11.1. The Bertz CT molecular complexity index is 342. The number of rotatable bonds is 1. The van der Waals surface area contributed by atoms with Crippen LogP contribution in [0.4, 0.5) is 0 Å². The molecule has 1 aromatic carbocycles. The number of hydrogen-bond acceptors (Lipinski definition) is 0. The molecule has 1 heteroatoms. The van der Waals surface area contributed by atoms with E-state index in [-0.39, 0.29) is 25.8 Å². The Morgan fingerprint density at radius 1 is 0.947 bits per heavy atom. The second kappa shape index (κ2) is 10.2. The fraction of sp³-hybridized carbons (Fsp3) is 0.389. The molecule has 19 heavy (non-hydrogen) atoms. The van der Waals surface area contributed by atoms with E-state index in [1.807, 2.05) is 24.3 Å². The first-order valence-electron chi connectivity index (χ1n) is 6.73. The summed E-state index contributed by atoms with van der Waals surface area (Å²) in [7, 11) is 0. The van der Waals surface area contributed by atoms with Crippen LogP contribution < -0.4 is 0 Å². The van der Waals surface area contributed by atoms with Crippen LogP contribution in [0.2, 0.25) is 0 Å². The van der Waals surface area contributed by atoms with Crippen molar-refractivity contribution in [2.45, 2.75) is 44.9 Å². The van der Waals surface area contributed by atoms with Gasteiger partial charge in [0.05, 0.1) is 0 Å². The van der Waals surface area contributed by atoms with E-state index < -0.39 is 0 Å². The third-order valence-corrected chi connectivity index (χ3v) is 2.77. The summed E-state index contributed by atoms with van der Waals surface area (Å²) in [4.78, 5) is 0. The van der Waals surface area contributed by atoms with Crippen LogP contribution in [-0.2, 0) is 25.8 Å². The van der Waals surface area contributed by atoms with Crippen LogP contribution in [0, 0.1) is 13.0 Å². The number of benzene rings is 1. The fourth-order valence-electron chi connectivity index (χ4n) is 1.67. The summed E-state index contributed by atoms with van der Waals surface area (Å²) in [5.41, 5.74) is 1.15. The van der Waals surface area contributed by atoms with Gasteiger partial charge in [-0.2, -0.15) is 41.3 Å². The van der Waals surface area contributed by atoms with E-state index in [9.17, 15) is 0 Å². The molecule has 0 aliphatic heterocycles. The van der Waals surface area contributed by atoms with Gasteiger partial charge in [0.2, 0.25) is 0 Å². The van der Waals surface area contributed by atoms with E-state index in [0.29, 0.717) is 0 Å². The molecule has 0 atom stereocenters. The predicted molar refractivity (Wildman–Crippen MR) is 80.4 cm³/mol. The van der Waals surface area contributed by atoms with Gasteiger partial charge in [-0.3, -0.25) is 0 Å². The minimum absolute atomic E-state index is 0. The van der Waals surface area contributed by atoms with Gasteiger partial charge in [0, 0.05) is 0 Å². The van der Waals surface area contributed by atoms with Crippen LogP contribution in [0.5, 0.6) is 0 Å². The molecular weight excluding hydrogens is 323 g/mol. The van der Waals surface area contributed by atoms with Crippen molar-refractivity contribution in [3.05, 3.63) is 67.1 Å². The average molecular weight is 347 g/mol. The van der Waals surface area contributed by atoms with Crippen molar-refractivity contribution in [2.24, 2.45) is 0 Å². The molecule has 2 rings (SSSR count). The molecule has 0 bridgehead atoms. The van der Waals surface area contributed by atoms with Gasteiger partial charge in [-0.25, -0.2) is 0 Å². The standard InChI is InChI=1S/C10H12.C8H12.Pd/c1-10(2,3)9-7-5-4-6-8-9;1-2-4-6-8-7-5-3-1;/h4-7H,1H2,2-3H3;1-2,7-8H,3-6H2;/q-2;;+2/b;2-1-,8-7-;. The van der Waals surface area contributed by atoms with Gasteiger partial charge in [0.25, 0.3) is 0 Å². The van der Waals surface area contributed by atoms with Crippen LogP contribution in [0.1, 0.15) is 45.1 Å². The molecule has 0 spiro atoms. The summed E-state index contributed by atoms with van der Waals surface area (Å²) < 4.78 is 0. The molecule has 0 N–H and O–H groups in total. The predicted octanol–water partition coefficient (Wildman–Crippen LogP) is 5.27. The van der Waals surface area contributed by atoms with Gasteiger partial charge < -0.3 is 6.92 Å². The maximum atomic E-state index is 4.01. The Labute approximate surface area is 132 Å². The summed E-state index contributed by atoms with van der Waals surface area (Å²) in [5, 5.41) is 0. The summed E-state index contributed by atoms with van der Waals surface area (Å²) >= 11 is 0. The van der Waals surface area contributed by atoms with Crippen molar-refractivity contribution in [3.63, 3.8) is 0 Å². The monoisotopic (exact) mass is 346 g/mol. The maximum absolute atomic E-state index is 4.01. The van der Waals surface area contributed by atoms with Crippen LogP contribution in [-0.4, -0.2) is 0 Å². The normalized spacial score (nSPS) is 17.8. The van der Waals surface area contributed by atoms with Crippen molar-refractivity contribution in [1.82, 2.24) is 0 Å². The van der Waals surface area contributed by atoms with Crippen molar-refractivity contribution in [1.29, 1.82) is 0 Å². The Balaban J connectivity index is 0.000000331. The Hall–Kier alpha value is -0.638. The molecule has 0 fully saturated rings. The third kappa shape index (κ3) is 8.98. The summed E-state index contributed by atoms with van der Waals surface area (Å²) in [5.74, 6) is 0. The zero-order chi connectivity index (χ0) is 13.3. The molecular formula is C18H24Pd. The Morgan fingerprint density at radius 3 is 1.68 bits per heavy atom. The van der Waals surface area contributed by atoms with Crippen LogP contribution >= 0.6 is 0 Å². The van der Waals surface area contributed by atoms with E-state index in [4.69, 9.17) is 0 Å². The van der Waals surface area contributed by atoms with E-state index in [1.165, 1.54) is 25.7 Å². The quantitative estimate of drug-likeness (QED) is 0.369. The van der Waals surface area contributed by atoms with E-state index in [1.54, 1.807) is 0 Å². The molecule has 0 unspecified atom stereocenters.